The van der Waals surface area contributed by atoms with Gasteiger partial charge >= 0.3 is 0 Å². The second-order valence-electron chi connectivity index (χ2n) is 12.9. The van der Waals surface area contributed by atoms with E-state index in [0.29, 0.717) is 19.3 Å². The molecule has 2 atom stereocenters. The molecule has 0 fully saturated rings. The number of carbonyl (C=O) groups is 4. The van der Waals surface area contributed by atoms with Crippen molar-refractivity contribution in [1.29, 1.82) is 0 Å². The summed E-state index contributed by atoms with van der Waals surface area (Å²) in [4.78, 5) is 51.3. The van der Waals surface area contributed by atoms with E-state index >= 15 is 0 Å². The Labute approximate surface area is 286 Å². The summed E-state index contributed by atoms with van der Waals surface area (Å²) in [6.07, 6.45) is 14.6. The van der Waals surface area contributed by atoms with E-state index < -0.39 is 29.6 Å². The van der Waals surface area contributed by atoms with E-state index in [9.17, 15) is 29.4 Å². The molecule has 0 bridgehead atoms. The van der Waals surface area contributed by atoms with Crippen LogP contribution in [0, 0.1) is 11.8 Å². The van der Waals surface area contributed by atoms with Crippen LogP contribution in [0.15, 0.2) is 36.4 Å². The summed E-state index contributed by atoms with van der Waals surface area (Å²) < 4.78 is 0. The van der Waals surface area contributed by atoms with Crippen LogP contribution in [-0.2, 0) is 22.4 Å². The zero-order chi connectivity index (χ0) is 35.3. The average Bonchev–Trinajstić information content (AvgIpc) is 3.07. The van der Waals surface area contributed by atoms with Gasteiger partial charge in [-0.15, -0.1) is 0 Å². The Morgan fingerprint density at radius 3 is 1.48 bits per heavy atom. The monoisotopic (exact) mass is 666 g/mol. The van der Waals surface area contributed by atoms with Crippen molar-refractivity contribution in [3.8, 4) is 11.5 Å². The van der Waals surface area contributed by atoms with Gasteiger partial charge in [0.05, 0.1) is 11.1 Å². The quantitative estimate of drug-likeness (QED) is 0.0612. The fourth-order valence-corrected chi connectivity index (χ4v) is 5.59. The number of amides is 4. The molecule has 10 heteroatoms. The third-order valence-corrected chi connectivity index (χ3v) is 8.77. The molecule has 2 unspecified atom stereocenters. The summed E-state index contributed by atoms with van der Waals surface area (Å²) in [5.74, 6) is -3.24. The van der Waals surface area contributed by atoms with Crippen molar-refractivity contribution >= 4 is 23.6 Å². The maximum absolute atomic E-state index is 13.1. The topological polar surface area (TPSA) is 157 Å². The maximum atomic E-state index is 13.1. The van der Waals surface area contributed by atoms with Crippen LogP contribution in [0.2, 0.25) is 0 Å². The standard InChI is InChI=1S/C38H58N4O6/c1-5-8-11-14-16-28-20-23-31(33(43)25-28)37(47)41-39-35(45)27(4)19-22-30(18-13-10-7-3)36(46)40-42-38(48)32-24-21-29(26-34(32)44)17-15-12-9-6-2/h20-21,23-27,30,43-44H,5-19,22H2,1-4H3,(H,39,45)(H,40,46)(H,41,47)(H,42,48). The molecule has 2 aromatic carbocycles. The number of hydrazine groups is 2. The van der Waals surface area contributed by atoms with Gasteiger partial charge in [-0.25, -0.2) is 0 Å². The Morgan fingerprint density at radius 1 is 0.562 bits per heavy atom. The highest BCUT2D eigenvalue weighted by Crippen LogP contribution is 2.23. The lowest BCUT2D eigenvalue weighted by Gasteiger charge is -2.19. The molecule has 0 spiro atoms. The largest absolute Gasteiger partial charge is 0.507 e. The summed E-state index contributed by atoms with van der Waals surface area (Å²) >= 11 is 0. The number of aryl methyl sites for hydroxylation is 2. The van der Waals surface area contributed by atoms with Gasteiger partial charge in [0.2, 0.25) is 11.8 Å². The molecule has 266 valence electrons. The van der Waals surface area contributed by atoms with Crippen molar-refractivity contribution in [2.45, 2.75) is 130 Å². The first-order valence-electron chi connectivity index (χ1n) is 17.9. The molecule has 0 aromatic heterocycles. The lowest BCUT2D eigenvalue weighted by molar-refractivity contribution is -0.128. The summed E-state index contributed by atoms with van der Waals surface area (Å²) in [5.41, 5.74) is 11.8. The summed E-state index contributed by atoms with van der Waals surface area (Å²) in [6.45, 7) is 8.09. The summed E-state index contributed by atoms with van der Waals surface area (Å²) in [5, 5.41) is 20.8. The summed E-state index contributed by atoms with van der Waals surface area (Å²) in [7, 11) is 0. The van der Waals surface area contributed by atoms with Gasteiger partial charge in [-0.05, 0) is 80.3 Å². The number of aromatic hydroxyl groups is 2. The molecular weight excluding hydrogens is 608 g/mol. The molecule has 6 N–H and O–H groups in total. The SMILES string of the molecule is CCCCCCc1ccc(C(=O)NNC(=O)C(C)CCC(CCCCC)C(=O)NNC(=O)c2ccc(CCCCCC)cc2O)c(O)c1. The van der Waals surface area contributed by atoms with E-state index in [-0.39, 0.29) is 28.5 Å². The number of hydrogen-bond donors (Lipinski definition) is 6. The predicted molar refractivity (Wildman–Crippen MR) is 189 cm³/mol. The van der Waals surface area contributed by atoms with Gasteiger partial charge in [0.25, 0.3) is 11.8 Å². The maximum Gasteiger partial charge on any atom is 0.273 e. The van der Waals surface area contributed by atoms with Crippen molar-refractivity contribution in [3.63, 3.8) is 0 Å². The van der Waals surface area contributed by atoms with Crippen LogP contribution in [0.25, 0.3) is 0 Å². The molecule has 2 aromatic rings. The highest BCUT2D eigenvalue weighted by molar-refractivity contribution is 5.98. The van der Waals surface area contributed by atoms with Crippen LogP contribution in [-0.4, -0.2) is 33.8 Å². The molecule has 10 nitrogen and oxygen atoms in total. The minimum atomic E-state index is -0.620. The van der Waals surface area contributed by atoms with E-state index in [1.165, 1.54) is 0 Å². The van der Waals surface area contributed by atoms with Gasteiger partial charge in [-0.3, -0.25) is 40.9 Å². The summed E-state index contributed by atoms with van der Waals surface area (Å²) in [6, 6.07) is 9.94. The Hall–Kier alpha value is -4.08. The Bertz CT molecular complexity index is 1310. The Balaban J connectivity index is 1.87. The van der Waals surface area contributed by atoms with Crippen LogP contribution < -0.4 is 21.7 Å². The third kappa shape index (κ3) is 14.4. The second kappa shape index (κ2) is 22.5. The number of carbonyl (C=O) groups excluding carboxylic acids is 4. The normalized spacial score (nSPS) is 12.2. The van der Waals surface area contributed by atoms with Crippen molar-refractivity contribution in [2.75, 3.05) is 0 Å². The van der Waals surface area contributed by atoms with Crippen LogP contribution in [0.1, 0.15) is 149 Å². The molecule has 0 radical (unpaired) electrons. The highest BCUT2D eigenvalue weighted by atomic mass is 16.3. The molecule has 0 aliphatic heterocycles. The lowest BCUT2D eigenvalue weighted by Crippen LogP contribution is -2.45. The fourth-order valence-electron chi connectivity index (χ4n) is 5.59. The third-order valence-electron chi connectivity index (χ3n) is 8.77. The number of rotatable bonds is 21. The number of nitrogens with one attached hydrogen (secondary N) is 4. The van der Waals surface area contributed by atoms with E-state index in [4.69, 9.17) is 0 Å². The second-order valence-corrected chi connectivity index (χ2v) is 12.9. The molecule has 4 amide bonds. The number of phenols is 2. The first-order chi connectivity index (χ1) is 23.1. The van der Waals surface area contributed by atoms with Crippen molar-refractivity contribution in [2.24, 2.45) is 11.8 Å². The lowest BCUT2D eigenvalue weighted by atomic mass is 9.91. The zero-order valence-corrected chi connectivity index (χ0v) is 29.5. The average molecular weight is 667 g/mol. The fraction of sp³-hybridized carbons (Fsp3) is 0.579. The molecule has 0 saturated carbocycles. The van der Waals surface area contributed by atoms with E-state index in [2.05, 4.69) is 42.5 Å². The smallest absolute Gasteiger partial charge is 0.273 e. The molecule has 0 heterocycles. The minimum absolute atomic E-state index is 0.0710. The van der Waals surface area contributed by atoms with E-state index in [1.54, 1.807) is 31.2 Å². The van der Waals surface area contributed by atoms with Gasteiger partial charge in [0, 0.05) is 11.8 Å². The number of benzene rings is 2. The molecule has 0 aliphatic rings. The van der Waals surface area contributed by atoms with Crippen LogP contribution >= 0.6 is 0 Å². The van der Waals surface area contributed by atoms with Gasteiger partial charge in [0.1, 0.15) is 11.5 Å². The Kier molecular flexibility index (Phi) is 18.8. The predicted octanol–water partition coefficient (Wildman–Crippen LogP) is 7.18. The minimum Gasteiger partial charge on any atom is -0.507 e. The number of unbranched alkanes of at least 4 members (excludes halogenated alkanes) is 8. The number of hydrogen-bond acceptors (Lipinski definition) is 6. The molecule has 0 saturated heterocycles. The molecule has 0 aliphatic carbocycles. The van der Waals surface area contributed by atoms with Crippen LogP contribution in [0.5, 0.6) is 11.5 Å². The molecule has 48 heavy (non-hydrogen) atoms. The number of phenolic OH excluding ortho intramolecular Hbond substituents is 2. The van der Waals surface area contributed by atoms with Crippen molar-refractivity contribution in [3.05, 3.63) is 58.7 Å². The van der Waals surface area contributed by atoms with Crippen LogP contribution in [0.4, 0.5) is 0 Å². The van der Waals surface area contributed by atoms with Gasteiger partial charge in [0.15, 0.2) is 0 Å². The van der Waals surface area contributed by atoms with Gasteiger partial charge < -0.3 is 10.2 Å². The highest BCUT2D eigenvalue weighted by Gasteiger charge is 2.23. The van der Waals surface area contributed by atoms with E-state index in [1.807, 2.05) is 12.1 Å². The van der Waals surface area contributed by atoms with Crippen LogP contribution in [0.3, 0.4) is 0 Å². The zero-order valence-electron chi connectivity index (χ0n) is 29.5. The van der Waals surface area contributed by atoms with E-state index in [0.717, 1.165) is 94.6 Å². The Morgan fingerprint density at radius 2 is 1.02 bits per heavy atom. The molecular formula is C38H58N4O6. The van der Waals surface area contributed by atoms with Crippen molar-refractivity contribution < 1.29 is 29.4 Å². The molecule has 2 rings (SSSR count). The van der Waals surface area contributed by atoms with Gasteiger partial charge in [-0.2, -0.15) is 0 Å². The van der Waals surface area contributed by atoms with Gasteiger partial charge in [-0.1, -0.05) is 97.6 Å². The first kappa shape index (κ1) is 40.1. The first-order valence-corrected chi connectivity index (χ1v) is 17.9. The van der Waals surface area contributed by atoms with Crippen molar-refractivity contribution in [1.82, 2.24) is 21.7 Å².